The van der Waals surface area contributed by atoms with Gasteiger partial charge in [0.1, 0.15) is 11.4 Å². The second kappa shape index (κ2) is 7.56. The number of aromatic nitrogens is 2. The summed E-state index contributed by atoms with van der Waals surface area (Å²) in [6, 6.07) is 0. The number of ether oxygens (including phenoxy) is 1. The van der Waals surface area contributed by atoms with Crippen molar-refractivity contribution in [3.63, 3.8) is 0 Å². The molecule has 0 aromatic carbocycles. The first-order valence-electron chi connectivity index (χ1n) is 8.34. The number of esters is 1. The molecule has 138 valence electrons. The van der Waals surface area contributed by atoms with E-state index in [9.17, 15) is 9.59 Å². The third kappa shape index (κ3) is 5.29. The number of primary amides is 1. The molecule has 1 heterocycles. The number of nitrogens with two attached hydrogens (primary N) is 1. The minimum absolute atomic E-state index is 0.129. The average molecular weight is 369 g/mol. The minimum atomic E-state index is -0.513. The van der Waals surface area contributed by atoms with Gasteiger partial charge in [-0.15, -0.1) is 0 Å². The summed E-state index contributed by atoms with van der Waals surface area (Å²) >= 11 is 6.07. The Morgan fingerprint density at radius 3 is 2.64 bits per heavy atom. The normalized spacial score (nSPS) is 16.9. The van der Waals surface area contributed by atoms with Crippen LogP contribution in [0.1, 0.15) is 44.9 Å². The van der Waals surface area contributed by atoms with Crippen LogP contribution >= 0.6 is 11.6 Å². The second-order valence-corrected chi connectivity index (χ2v) is 7.69. The van der Waals surface area contributed by atoms with E-state index in [0.717, 1.165) is 11.3 Å². The molecule has 1 aliphatic rings. The molecule has 25 heavy (non-hydrogen) atoms. The van der Waals surface area contributed by atoms with E-state index in [0.29, 0.717) is 31.6 Å². The maximum atomic E-state index is 12.3. The number of anilines is 1. The smallest absolute Gasteiger partial charge is 0.309 e. The minimum Gasteiger partial charge on any atom is -0.460 e. The van der Waals surface area contributed by atoms with E-state index in [-0.39, 0.29) is 29.5 Å². The largest absolute Gasteiger partial charge is 0.460 e. The summed E-state index contributed by atoms with van der Waals surface area (Å²) in [4.78, 5) is 33.8. The lowest BCUT2D eigenvalue weighted by Crippen LogP contribution is -2.33. The fourth-order valence-corrected chi connectivity index (χ4v) is 3.03. The molecular weight excluding hydrogens is 344 g/mol. The van der Waals surface area contributed by atoms with E-state index in [1.807, 2.05) is 32.7 Å². The van der Waals surface area contributed by atoms with Crippen LogP contribution in [-0.2, 0) is 27.2 Å². The van der Waals surface area contributed by atoms with Crippen molar-refractivity contribution in [2.45, 2.75) is 52.1 Å². The van der Waals surface area contributed by atoms with Gasteiger partial charge in [-0.25, -0.2) is 9.97 Å². The molecule has 0 fully saturated rings. The highest BCUT2D eigenvalue weighted by Crippen LogP contribution is 2.32. The Kier molecular flexibility index (Phi) is 5.87. The number of rotatable bonds is 5. The van der Waals surface area contributed by atoms with E-state index in [1.165, 1.54) is 0 Å². The first-order valence-corrected chi connectivity index (χ1v) is 8.72. The van der Waals surface area contributed by atoms with Gasteiger partial charge in [0, 0.05) is 32.0 Å². The molecule has 0 aliphatic heterocycles. The molecule has 0 saturated heterocycles. The van der Waals surface area contributed by atoms with Gasteiger partial charge in [0.25, 0.3) is 0 Å². The highest BCUT2D eigenvalue weighted by atomic mass is 35.5. The third-order valence-corrected chi connectivity index (χ3v) is 4.19. The van der Waals surface area contributed by atoms with E-state index in [1.54, 1.807) is 0 Å². The molecule has 0 bridgehead atoms. The van der Waals surface area contributed by atoms with Crippen molar-refractivity contribution in [1.82, 2.24) is 9.97 Å². The van der Waals surface area contributed by atoms with Gasteiger partial charge in [-0.3, -0.25) is 9.59 Å². The number of carbonyl (C=O) groups excluding carboxylic acids is 2. The van der Waals surface area contributed by atoms with Crippen LogP contribution < -0.4 is 10.6 Å². The lowest BCUT2D eigenvalue weighted by molar-refractivity contribution is -0.160. The van der Waals surface area contributed by atoms with Crippen LogP contribution in [0.4, 0.5) is 5.82 Å². The topological polar surface area (TPSA) is 98.4 Å². The summed E-state index contributed by atoms with van der Waals surface area (Å²) in [6.07, 6.45) is 2.03. The summed E-state index contributed by atoms with van der Waals surface area (Å²) in [5, 5.41) is 0.129. The predicted octanol–water partition coefficient (Wildman–Crippen LogP) is 1.89. The summed E-state index contributed by atoms with van der Waals surface area (Å²) in [6.45, 7) is 6.01. The average Bonchev–Trinajstić information content (AvgIpc) is 2.49. The number of nitrogens with zero attached hydrogens (tertiary/aromatic N) is 3. The maximum absolute atomic E-state index is 12.3. The van der Waals surface area contributed by atoms with Crippen molar-refractivity contribution in [1.29, 1.82) is 0 Å². The van der Waals surface area contributed by atoms with E-state index in [4.69, 9.17) is 22.1 Å². The predicted molar refractivity (Wildman–Crippen MR) is 95.5 cm³/mol. The lowest BCUT2D eigenvalue weighted by Gasteiger charge is -2.29. The quantitative estimate of drug-likeness (QED) is 0.629. The van der Waals surface area contributed by atoms with Gasteiger partial charge in [0.05, 0.1) is 11.6 Å². The number of fused-ring (bicyclic) bond motifs is 1. The van der Waals surface area contributed by atoms with Gasteiger partial charge in [0.2, 0.25) is 11.2 Å². The van der Waals surface area contributed by atoms with Crippen LogP contribution in [0.5, 0.6) is 0 Å². The van der Waals surface area contributed by atoms with Gasteiger partial charge in [-0.2, -0.15) is 0 Å². The first kappa shape index (κ1) is 19.4. The molecule has 7 nitrogen and oxygen atoms in total. The van der Waals surface area contributed by atoms with Crippen molar-refractivity contribution in [3.8, 4) is 0 Å². The zero-order valence-corrected chi connectivity index (χ0v) is 15.9. The van der Waals surface area contributed by atoms with Crippen molar-refractivity contribution in [2.24, 2.45) is 11.7 Å². The molecule has 1 amide bonds. The molecule has 1 unspecified atom stereocenters. The van der Waals surface area contributed by atoms with Crippen LogP contribution in [-0.4, -0.2) is 41.0 Å². The van der Waals surface area contributed by atoms with Crippen molar-refractivity contribution >= 4 is 29.3 Å². The third-order valence-electron chi connectivity index (χ3n) is 4.02. The van der Waals surface area contributed by atoms with Gasteiger partial charge >= 0.3 is 5.97 Å². The molecule has 1 atom stereocenters. The number of halogens is 1. The van der Waals surface area contributed by atoms with Crippen molar-refractivity contribution in [2.75, 3.05) is 18.5 Å². The molecule has 1 aromatic rings. The van der Waals surface area contributed by atoms with Gasteiger partial charge in [0.15, 0.2) is 0 Å². The maximum Gasteiger partial charge on any atom is 0.309 e. The molecule has 0 saturated carbocycles. The molecule has 8 heteroatoms. The van der Waals surface area contributed by atoms with E-state index in [2.05, 4.69) is 9.97 Å². The van der Waals surface area contributed by atoms with Crippen LogP contribution in [0.3, 0.4) is 0 Å². The highest BCUT2D eigenvalue weighted by molar-refractivity contribution is 6.28. The number of amides is 1. The number of hydrogen-bond donors (Lipinski definition) is 1. The van der Waals surface area contributed by atoms with Crippen LogP contribution in [0.25, 0.3) is 0 Å². The molecule has 2 rings (SSSR count). The van der Waals surface area contributed by atoms with Crippen LogP contribution in [0, 0.1) is 5.92 Å². The Bertz CT molecular complexity index is 673. The zero-order chi connectivity index (χ0) is 18.8. The first-order chi connectivity index (χ1) is 11.6. The Balaban J connectivity index is 2.20. The van der Waals surface area contributed by atoms with Crippen molar-refractivity contribution < 1.29 is 14.3 Å². The Morgan fingerprint density at radius 2 is 2.04 bits per heavy atom. The number of carbonyl (C=O) groups is 2. The molecule has 0 radical (unpaired) electrons. The van der Waals surface area contributed by atoms with Gasteiger partial charge < -0.3 is 15.4 Å². The SMILES string of the molecule is CN(CCC(N)=O)c1nc(Cl)nc2c1CCC(C(=O)OC(C)(C)C)C2. The zero-order valence-electron chi connectivity index (χ0n) is 15.1. The molecular formula is C17H25ClN4O3. The summed E-state index contributed by atoms with van der Waals surface area (Å²) in [5.41, 5.74) is 6.43. The number of hydrogen-bond acceptors (Lipinski definition) is 6. The van der Waals surface area contributed by atoms with E-state index >= 15 is 0 Å². The van der Waals surface area contributed by atoms with Crippen molar-refractivity contribution in [3.05, 3.63) is 16.5 Å². The van der Waals surface area contributed by atoms with Crippen LogP contribution in [0.15, 0.2) is 0 Å². The van der Waals surface area contributed by atoms with Crippen LogP contribution in [0.2, 0.25) is 5.28 Å². The van der Waals surface area contributed by atoms with Gasteiger partial charge in [-0.05, 0) is 45.2 Å². The summed E-state index contributed by atoms with van der Waals surface area (Å²) in [5.74, 6) is -0.122. The molecule has 0 spiro atoms. The summed E-state index contributed by atoms with van der Waals surface area (Å²) < 4.78 is 5.49. The molecule has 2 N–H and O–H groups in total. The monoisotopic (exact) mass is 368 g/mol. The summed E-state index contributed by atoms with van der Waals surface area (Å²) in [7, 11) is 1.84. The van der Waals surface area contributed by atoms with Gasteiger partial charge in [-0.1, -0.05) is 0 Å². The standard InChI is InChI=1S/C17H25ClN4O3/c1-17(2,3)25-15(24)10-5-6-11-12(9-10)20-16(18)21-14(11)22(4)8-7-13(19)23/h10H,5-9H2,1-4H3,(H2,19,23). The Morgan fingerprint density at radius 1 is 1.36 bits per heavy atom. The van der Waals surface area contributed by atoms with E-state index < -0.39 is 5.60 Å². The lowest BCUT2D eigenvalue weighted by atomic mass is 9.86. The fourth-order valence-electron chi connectivity index (χ4n) is 2.85. The fraction of sp³-hybridized carbons (Fsp3) is 0.647. The molecule has 1 aromatic heterocycles. The molecule has 1 aliphatic carbocycles. The Hall–Kier alpha value is -1.89. The Labute approximate surface area is 152 Å². The highest BCUT2D eigenvalue weighted by Gasteiger charge is 2.32. The second-order valence-electron chi connectivity index (χ2n) is 7.35.